The van der Waals surface area contributed by atoms with E-state index in [4.69, 9.17) is 9.47 Å². The third-order valence-corrected chi connectivity index (χ3v) is 5.17. The number of ether oxygens (including phenoxy) is 2. The molecule has 1 aromatic heterocycles. The zero-order valence-corrected chi connectivity index (χ0v) is 16.1. The van der Waals surface area contributed by atoms with Gasteiger partial charge in [-0.15, -0.1) is 10.2 Å². The molecule has 1 aliphatic heterocycles. The van der Waals surface area contributed by atoms with Crippen LogP contribution in [0.15, 0.2) is 41.6 Å². The first-order valence-electron chi connectivity index (χ1n) is 8.76. The molecule has 3 aromatic rings. The number of nitrogens with one attached hydrogen (secondary N) is 1. The number of anilines is 1. The molecule has 150 valence electrons. The molecule has 1 amide bonds. The molecule has 0 spiro atoms. The maximum Gasteiger partial charge on any atom is 0.234 e. The van der Waals surface area contributed by atoms with E-state index in [2.05, 4.69) is 15.5 Å². The summed E-state index contributed by atoms with van der Waals surface area (Å²) in [5.41, 5.74) is 0.739. The Kier molecular flexibility index (Phi) is 5.34. The second kappa shape index (κ2) is 8.08. The van der Waals surface area contributed by atoms with E-state index >= 15 is 0 Å². The lowest BCUT2D eigenvalue weighted by atomic mass is 10.2. The first kappa shape index (κ1) is 19.2. The predicted octanol–water partition coefficient (Wildman–Crippen LogP) is 3.70. The highest BCUT2D eigenvalue weighted by atomic mass is 32.2. The number of hydrogen-bond donors (Lipinski definition) is 1. The molecule has 0 saturated heterocycles. The maximum absolute atomic E-state index is 13.7. The van der Waals surface area contributed by atoms with Crippen LogP contribution >= 0.6 is 11.8 Å². The van der Waals surface area contributed by atoms with Crippen molar-refractivity contribution >= 4 is 23.4 Å². The first-order chi connectivity index (χ1) is 14.0. The lowest BCUT2D eigenvalue weighted by Gasteiger charge is -2.09. The Balaban J connectivity index is 1.46. The minimum Gasteiger partial charge on any atom is -0.454 e. The van der Waals surface area contributed by atoms with Gasteiger partial charge in [0.2, 0.25) is 12.7 Å². The fourth-order valence-electron chi connectivity index (χ4n) is 2.84. The third kappa shape index (κ3) is 4.02. The monoisotopic (exact) mass is 418 g/mol. The van der Waals surface area contributed by atoms with Crippen molar-refractivity contribution in [2.45, 2.75) is 18.6 Å². The van der Waals surface area contributed by atoms with Crippen molar-refractivity contribution in [3.8, 4) is 22.9 Å². The molecule has 1 aliphatic rings. The van der Waals surface area contributed by atoms with E-state index in [-0.39, 0.29) is 18.2 Å². The highest BCUT2D eigenvalue weighted by Crippen LogP contribution is 2.36. The van der Waals surface area contributed by atoms with Crippen molar-refractivity contribution in [2.24, 2.45) is 0 Å². The average Bonchev–Trinajstić information content (AvgIpc) is 3.34. The highest BCUT2D eigenvalue weighted by Gasteiger charge is 2.19. The molecule has 0 saturated carbocycles. The summed E-state index contributed by atoms with van der Waals surface area (Å²) in [7, 11) is 0. The van der Waals surface area contributed by atoms with Gasteiger partial charge in [0.15, 0.2) is 22.5 Å². The van der Waals surface area contributed by atoms with Crippen LogP contribution in [-0.4, -0.2) is 33.2 Å². The summed E-state index contributed by atoms with van der Waals surface area (Å²) in [5, 5.41) is 11.4. The smallest absolute Gasteiger partial charge is 0.234 e. The van der Waals surface area contributed by atoms with Crippen LogP contribution in [-0.2, 0) is 11.3 Å². The third-order valence-electron chi connectivity index (χ3n) is 4.20. The SMILES string of the molecule is CCn1c(SCC(=O)Nc2ccc(F)cc2F)nnc1-c1ccc2c(c1)OCO2. The molecule has 0 radical (unpaired) electrons. The minimum absolute atomic E-state index is 0.00388. The summed E-state index contributed by atoms with van der Waals surface area (Å²) in [6.45, 7) is 2.72. The van der Waals surface area contributed by atoms with E-state index in [0.29, 0.717) is 35.1 Å². The molecule has 0 aliphatic carbocycles. The molecular weight excluding hydrogens is 402 g/mol. The fraction of sp³-hybridized carbons (Fsp3) is 0.211. The number of benzene rings is 2. The lowest BCUT2D eigenvalue weighted by molar-refractivity contribution is -0.113. The van der Waals surface area contributed by atoms with Crippen molar-refractivity contribution in [3.05, 3.63) is 48.0 Å². The molecule has 4 rings (SSSR count). The summed E-state index contributed by atoms with van der Waals surface area (Å²) >= 11 is 1.17. The topological polar surface area (TPSA) is 78.3 Å². The van der Waals surface area contributed by atoms with Crippen LogP contribution < -0.4 is 14.8 Å². The number of carbonyl (C=O) groups excluding carboxylic acids is 1. The zero-order valence-electron chi connectivity index (χ0n) is 15.3. The molecule has 2 heterocycles. The summed E-state index contributed by atoms with van der Waals surface area (Å²) in [4.78, 5) is 12.1. The van der Waals surface area contributed by atoms with E-state index in [9.17, 15) is 13.6 Å². The number of hydrogen-bond acceptors (Lipinski definition) is 6. The number of rotatable bonds is 6. The van der Waals surface area contributed by atoms with Crippen molar-refractivity contribution in [2.75, 3.05) is 17.9 Å². The van der Waals surface area contributed by atoms with Gasteiger partial charge in [0.05, 0.1) is 11.4 Å². The molecule has 2 aromatic carbocycles. The molecule has 0 atom stereocenters. The molecule has 7 nitrogen and oxygen atoms in total. The van der Waals surface area contributed by atoms with Crippen LogP contribution in [0.25, 0.3) is 11.4 Å². The zero-order chi connectivity index (χ0) is 20.4. The van der Waals surface area contributed by atoms with Gasteiger partial charge in [-0.1, -0.05) is 11.8 Å². The van der Waals surface area contributed by atoms with Gasteiger partial charge in [0.25, 0.3) is 0 Å². The summed E-state index contributed by atoms with van der Waals surface area (Å²) in [6.07, 6.45) is 0. The molecule has 10 heteroatoms. The molecule has 1 N–H and O–H groups in total. The number of amides is 1. The van der Waals surface area contributed by atoms with Crippen molar-refractivity contribution in [1.29, 1.82) is 0 Å². The van der Waals surface area contributed by atoms with Crippen LogP contribution in [0, 0.1) is 11.6 Å². The van der Waals surface area contributed by atoms with E-state index in [1.807, 2.05) is 29.7 Å². The Morgan fingerprint density at radius 3 is 2.79 bits per heavy atom. The van der Waals surface area contributed by atoms with E-state index < -0.39 is 17.5 Å². The highest BCUT2D eigenvalue weighted by molar-refractivity contribution is 7.99. The largest absolute Gasteiger partial charge is 0.454 e. The number of nitrogens with zero attached hydrogens (tertiary/aromatic N) is 3. The summed E-state index contributed by atoms with van der Waals surface area (Å²) in [5.74, 6) is -0.0179. The molecule has 29 heavy (non-hydrogen) atoms. The van der Waals surface area contributed by atoms with Crippen molar-refractivity contribution in [1.82, 2.24) is 14.8 Å². The van der Waals surface area contributed by atoms with Gasteiger partial charge in [-0.2, -0.15) is 0 Å². The van der Waals surface area contributed by atoms with Crippen LogP contribution in [0.4, 0.5) is 14.5 Å². The van der Waals surface area contributed by atoms with E-state index in [0.717, 1.165) is 11.6 Å². The Morgan fingerprint density at radius 1 is 1.17 bits per heavy atom. The fourth-order valence-corrected chi connectivity index (χ4v) is 3.64. The first-order valence-corrected chi connectivity index (χ1v) is 9.74. The maximum atomic E-state index is 13.7. The predicted molar refractivity (Wildman–Crippen MR) is 103 cm³/mol. The molecule has 0 fully saturated rings. The minimum atomic E-state index is -0.829. The Bertz CT molecular complexity index is 1070. The van der Waals surface area contributed by atoms with Crippen LogP contribution in [0.5, 0.6) is 11.5 Å². The Labute approximate surface area is 169 Å². The van der Waals surface area contributed by atoms with Crippen LogP contribution in [0.3, 0.4) is 0 Å². The van der Waals surface area contributed by atoms with Crippen molar-refractivity contribution in [3.63, 3.8) is 0 Å². The number of halogens is 2. The van der Waals surface area contributed by atoms with E-state index in [1.165, 1.54) is 17.8 Å². The second-order valence-corrected chi connectivity index (χ2v) is 7.02. The summed E-state index contributed by atoms with van der Waals surface area (Å²) < 4.78 is 39.2. The second-order valence-electron chi connectivity index (χ2n) is 6.08. The standard InChI is InChI=1S/C19H16F2N4O3S/c1-2-25-18(11-3-6-15-16(7-11)28-10-27-15)23-24-19(25)29-9-17(26)22-14-5-4-12(20)8-13(14)21/h3-8H,2,9-10H2,1H3,(H,22,26). The number of fused-ring (bicyclic) bond motifs is 1. The number of aromatic nitrogens is 3. The Morgan fingerprint density at radius 2 is 2.00 bits per heavy atom. The van der Waals surface area contributed by atoms with E-state index in [1.54, 1.807) is 0 Å². The molecular formula is C19H16F2N4O3S. The number of carbonyl (C=O) groups is 1. The quantitative estimate of drug-likeness (QED) is 0.615. The van der Waals surface area contributed by atoms with Gasteiger partial charge in [-0.25, -0.2) is 8.78 Å². The van der Waals surface area contributed by atoms with Crippen LogP contribution in [0.1, 0.15) is 6.92 Å². The average molecular weight is 418 g/mol. The Hall–Kier alpha value is -3.14. The number of thioether (sulfide) groups is 1. The van der Waals surface area contributed by atoms with Gasteiger partial charge in [0.1, 0.15) is 11.6 Å². The van der Waals surface area contributed by atoms with Gasteiger partial charge in [-0.3, -0.25) is 4.79 Å². The van der Waals surface area contributed by atoms with Gasteiger partial charge in [0, 0.05) is 18.2 Å². The van der Waals surface area contributed by atoms with Crippen LogP contribution in [0.2, 0.25) is 0 Å². The normalized spacial score (nSPS) is 12.2. The lowest BCUT2D eigenvalue weighted by Crippen LogP contribution is -2.15. The molecule has 0 bridgehead atoms. The van der Waals surface area contributed by atoms with Gasteiger partial charge >= 0.3 is 0 Å². The summed E-state index contributed by atoms with van der Waals surface area (Å²) in [6, 6.07) is 8.48. The van der Waals surface area contributed by atoms with Gasteiger partial charge in [-0.05, 0) is 37.3 Å². The van der Waals surface area contributed by atoms with Crippen molar-refractivity contribution < 1.29 is 23.0 Å². The van der Waals surface area contributed by atoms with Gasteiger partial charge < -0.3 is 19.4 Å². The molecule has 0 unspecified atom stereocenters.